The third kappa shape index (κ3) is 4.19. The van der Waals surface area contributed by atoms with Gasteiger partial charge in [0, 0.05) is 43.5 Å². The zero-order chi connectivity index (χ0) is 41.8. The monoisotopic (exact) mass is 790 g/mol. The van der Waals surface area contributed by atoms with Crippen molar-refractivity contribution in [2.75, 3.05) is 0 Å². The van der Waals surface area contributed by atoms with Crippen molar-refractivity contribution in [2.24, 2.45) is 0 Å². The fourth-order valence-corrected chi connectivity index (χ4v) is 11.7. The normalized spacial score (nSPS) is 14.4. The molecule has 0 spiro atoms. The Kier molecular flexibility index (Phi) is 6.69. The van der Waals surface area contributed by atoms with Gasteiger partial charge in [-0.25, -0.2) is 4.85 Å². The average Bonchev–Trinajstić information content (AvgIpc) is 3.97. The van der Waals surface area contributed by atoms with E-state index in [0.29, 0.717) is 22.6 Å². The lowest BCUT2D eigenvalue weighted by Gasteiger charge is -2.22. The van der Waals surface area contributed by atoms with Gasteiger partial charge in [0.2, 0.25) is 5.69 Å². The molecular formula is C58H38N4. The highest BCUT2D eigenvalue weighted by Gasteiger charge is 2.40. The van der Waals surface area contributed by atoms with Gasteiger partial charge in [-0.05, 0) is 79.2 Å². The Hall–Kier alpha value is -7.92. The Bertz CT molecular complexity index is 3690. The van der Waals surface area contributed by atoms with Crippen LogP contribution < -0.4 is 0 Å². The highest BCUT2D eigenvalue weighted by atomic mass is 15.0. The zero-order valence-electron chi connectivity index (χ0n) is 34.8. The van der Waals surface area contributed by atoms with Gasteiger partial charge in [-0.2, -0.15) is 5.26 Å². The van der Waals surface area contributed by atoms with E-state index < -0.39 is 0 Å². The molecule has 0 aliphatic heterocycles. The first kappa shape index (κ1) is 34.9. The molecule has 0 radical (unpaired) electrons. The van der Waals surface area contributed by atoms with Crippen LogP contribution in [0.2, 0.25) is 0 Å². The van der Waals surface area contributed by atoms with Gasteiger partial charge < -0.3 is 9.13 Å². The minimum absolute atomic E-state index is 0.220. The fourth-order valence-electron chi connectivity index (χ4n) is 11.7. The van der Waals surface area contributed by atoms with Crippen LogP contribution >= 0.6 is 0 Å². The zero-order valence-corrected chi connectivity index (χ0v) is 34.8. The number of benzene rings is 9. The summed E-state index contributed by atoms with van der Waals surface area (Å²) < 4.78 is 4.59. The van der Waals surface area contributed by atoms with Crippen molar-refractivity contribution in [3.05, 3.63) is 197 Å². The summed E-state index contributed by atoms with van der Waals surface area (Å²) in [6.07, 6.45) is 0. The minimum atomic E-state index is -0.221. The molecule has 2 aliphatic carbocycles. The van der Waals surface area contributed by atoms with E-state index in [-0.39, 0.29) is 10.8 Å². The molecule has 11 aromatic rings. The van der Waals surface area contributed by atoms with E-state index in [9.17, 15) is 5.26 Å². The van der Waals surface area contributed by atoms with Crippen LogP contribution in [0.15, 0.2) is 158 Å². The molecule has 13 rings (SSSR count). The number of hydrogen-bond donors (Lipinski definition) is 0. The lowest BCUT2D eigenvalue weighted by molar-refractivity contribution is 0.660. The van der Waals surface area contributed by atoms with Crippen molar-refractivity contribution in [1.29, 1.82) is 5.26 Å². The first-order chi connectivity index (χ1) is 30.2. The van der Waals surface area contributed by atoms with Crippen LogP contribution in [0, 0.1) is 17.9 Å². The quantitative estimate of drug-likeness (QED) is 0.161. The number of hydrogen-bond acceptors (Lipinski definition) is 1. The van der Waals surface area contributed by atoms with Crippen molar-refractivity contribution < 1.29 is 0 Å². The second-order valence-corrected chi connectivity index (χ2v) is 18.2. The topological polar surface area (TPSA) is 38.0 Å². The van der Waals surface area contributed by atoms with E-state index in [2.05, 4.69) is 193 Å². The largest absolute Gasteiger partial charge is 0.318 e. The molecule has 0 atom stereocenters. The van der Waals surface area contributed by atoms with E-state index in [4.69, 9.17) is 6.57 Å². The van der Waals surface area contributed by atoms with Crippen molar-refractivity contribution in [3.8, 4) is 39.7 Å². The fraction of sp³-hybridized carbons (Fsp3) is 0.103. The Balaban J connectivity index is 1.19. The smallest absolute Gasteiger partial charge is 0.212 e. The first-order valence-corrected chi connectivity index (χ1v) is 21.4. The van der Waals surface area contributed by atoms with Crippen LogP contribution in [-0.2, 0) is 10.8 Å². The molecule has 0 saturated carbocycles. The highest BCUT2D eigenvalue weighted by molar-refractivity contribution is 6.26. The van der Waals surface area contributed by atoms with Crippen LogP contribution in [0.25, 0.3) is 104 Å². The van der Waals surface area contributed by atoms with E-state index in [0.717, 1.165) is 65.2 Å². The molecule has 0 amide bonds. The van der Waals surface area contributed by atoms with Crippen molar-refractivity contribution in [2.45, 2.75) is 38.5 Å². The maximum atomic E-state index is 11.4. The van der Waals surface area contributed by atoms with Crippen LogP contribution in [0.4, 0.5) is 5.69 Å². The van der Waals surface area contributed by atoms with Crippen LogP contribution in [-0.4, -0.2) is 9.13 Å². The summed E-state index contributed by atoms with van der Waals surface area (Å²) in [5.41, 5.74) is 16.0. The number of nitrogens with zero attached hydrogens (tertiary/aromatic N) is 4. The van der Waals surface area contributed by atoms with Crippen LogP contribution in [0.5, 0.6) is 0 Å². The Morgan fingerprint density at radius 1 is 0.484 bits per heavy atom. The molecule has 4 nitrogen and oxygen atoms in total. The molecular weight excluding hydrogens is 753 g/mol. The third-order valence-corrected chi connectivity index (χ3v) is 14.5. The van der Waals surface area contributed by atoms with Crippen molar-refractivity contribution in [3.63, 3.8) is 0 Å². The molecule has 0 N–H and O–H groups in total. The Labute approximate surface area is 358 Å². The summed E-state index contributed by atoms with van der Waals surface area (Å²) in [6.45, 7) is 18.2. The Morgan fingerprint density at radius 3 is 1.45 bits per heavy atom. The average molecular weight is 791 g/mol. The molecule has 2 aliphatic rings. The maximum Gasteiger partial charge on any atom is 0.212 e. The number of fused-ring (bicyclic) bond motifs is 18. The molecule has 0 bridgehead atoms. The summed E-state index contributed by atoms with van der Waals surface area (Å²) in [5, 5.41) is 20.6. The summed E-state index contributed by atoms with van der Waals surface area (Å²) in [4.78, 5) is 4.36. The molecule has 62 heavy (non-hydrogen) atoms. The van der Waals surface area contributed by atoms with Gasteiger partial charge in [0.15, 0.2) is 0 Å². The SMILES string of the molecule is [C-]#[N+]c1cc(-n2c3ccc4ccccc4c3c3ccc4c(c32)-c2ccccc2C4(C)C)c(C#N)cc1-n1c2ccc3ccccc3c2c2ccc3c(c21)-c1ccccc1C3(C)C. The second-order valence-electron chi connectivity index (χ2n) is 18.2. The van der Waals surface area contributed by atoms with E-state index in [1.165, 1.54) is 44.5 Å². The van der Waals surface area contributed by atoms with Gasteiger partial charge in [0.05, 0.1) is 45.6 Å². The van der Waals surface area contributed by atoms with Gasteiger partial charge in [-0.15, -0.1) is 0 Å². The minimum Gasteiger partial charge on any atom is -0.318 e. The molecule has 2 aromatic heterocycles. The molecule has 9 aromatic carbocycles. The third-order valence-electron chi connectivity index (χ3n) is 14.5. The molecule has 290 valence electrons. The second kappa shape index (κ2) is 11.9. The Morgan fingerprint density at radius 2 is 0.952 bits per heavy atom. The predicted molar refractivity (Wildman–Crippen MR) is 256 cm³/mol. The predicted octanol–water partition coefficient (Wildman–Crippen LogP) is 15.2. The van der Waals surface area contributed by atoms with Gasteiger partial charge in [0.1, 0.15) is 6.07 Å². The molecule has 4 heteroatoms. The van der Waals surface area contributed by atoms with Gasteiger partial charge in [-0.1, -0.05) is 161 Å². The molecule has 0 unspecified atom stereocenters. The van der Waals surface area contributed by atoms with E-state index in [1.54, 1.807) is 0 Å². The summed E-state index contributed by atoms with van der Waals surface area (Å²) >= 11 is 0. The molecule has 0 fully saturated rings. The first-order valence-electron chi connectivity index (χ1n) is 21.4. The standard InChI is InChI=1S/C58H38N4/c1-57(2)42-20-12-10-18-38(42)53-44(57)26-24-40-51-36-16-8-6-14-33(36)22-28-47(51)61(55(40)53)49-31-46(60-5)50(30-35(49)32-59)62-48-29-23-34-15-7-9-17-37(34)52(48)41-25-27-45-54(56(41)62)39-19-11-13-21-43(39)58(45,3)4/h6-31H,1-4H3. The van der Waals surface area contributed by atoms with E-state index >= 15 is 0 Å². The lowest BCUT2D eigenvalue weighted by Crippen LogP contribution is -2.14. The molecule has 0 saturated heterocycles. The van der Waals surface area contributed by atoms with Gasteiger partial charge in [-0.3, -0.25) is 0 Å². The van der Waals surface area contributed by atoms with Gasteiger partial charge in [0.25, 0.3) is 0 Å². The number of nitriles is 1. The highest BCUT2D eigenvalue weighted by Crippen LogP contribution is 2.56. The van der Waals surface area contributed by atoms with Crippen molar-refractivity contribution in [1.82, 2.24) is 9.13 Å². The summed E-state index contributed by atoms with van der Waals surface area (Å²) in [6, 6.07) is 59.3. The number of aromatic nitrogens is 2. The summed E-state index contributed by atoms with van der Waals surface area (Å²) in [7, 11) is 0. The van der Waals surface area contributed by atoms with Crippen molar-refractivity contribution >= 4 is 70.8 Å². The van der Waals surface area contributed by atoms with Crippen LogP contribution in [0.3, 0.4) is 0 Å². The number of rotatable bonds is 2. The molecule has 2 heterocycles. The maximum absolute atomic E-state index is 11.4. The van der Waals surface area contributed by atoms with E-state index in [1.807, 2.05) is 12.1 Å². The lowest BCUT2D eigenvalue weighted by atomic mass is 9.82. The van der Waals surface area contributed by atoms with Gasteiger partial charge >= 0.3 is 0 Å². The summed E-state index contributed by atoms with van der Waals surface area (Å²) in [5.74, 6) is 0. The van der Waals surface area contributed by atoms with Crippen LogP contribution in [0.1, 0.15) is 55.5 Å².